The van der Waals surface area contributed by atoms with Gasteiger partial charge >= 0.3 is 5.97 Å². The van der Waals surface area contributed by atoms with Crippen LogP contribution in [0, 0.1) is 6.92 Å². The molecular weight excluding hydrogens is 272 g/mol. The van der Waals surface area contributed by atoms with Crippen LogP contribution in [-0.2, 0) is 0 Å². The van der Waals surface area contributed by atoms with E-state index in [1.54, 1.807) is 51.5 Å². The van der Waals surface area contributed by atoms with Crippen LogP contribution in [0.4, 0.5) is 0 Å². The highest BCUT2D eigenvalue weighted by atomic mass is 16.5. The number of aryl methyl sites for hydroxylation is 1. The van der Waals surface area contributed by atoms with Crippen molar-refractivity contribution in [2.45, 2.75) is 6.92 Å². The van der Waals surface area contributed by atoms with Gasteiger partial charge in [0.15, 0.2) is 11.5 Å². The Hall–Kier alpha value is -2.69. The van der Waals surface area contributed by atoms with Gasteiger partial charge in [-0.15, -0.1) is 0 Å². The van der Waals surface area contributed by atoms with E-state index in [4.69, 9.17) is 19.3 Å². The van der Waals surface area contributed by atoms with Gasteiger partial charge < -0.3 is 19.3 Å². The van der Waals surface area contributed by atoms with Crippen LogP contribution in [0.25, 0.3) is 0 Å². The van der Waals surface area contributed by atoms with Crippen LogP contribution in [0.2, 0.25) is 0 Å². The summed E-state index contributed by atoms with van der Waals surface area (Å²) in [7, 11) is 3.08. The van der Waals surface area contributed by atoms with E-state index in [-0.39, 0.29) is 5.56 Å². The number of benzene rings is 2. The standard InChI is InChI=1S/C16H16O5/c1-10-9-11(7-8-12(10)16(17)18)21-15-13(19-2)5-4-6-14(15)20-3/h4-9H,1-3H3,(H,17,18). The van der Waals surface area contributed by atoms with Crippen molar-refractivity contribution in [3.8, 4) is 23.0 Å². The monoisotopic (exact) mass is 288 g/mol. The number of para-hydroxylation sites is 1. The Kier molecular flexibility index (Phi) is 4.33. The van der Waals surface area contributed by atoms with E-state index < -0.39 is 5.97 Å². The van der Waals surface area contributed by atoms with Crippen LogP contribution in [0.5, 0.6) is 23.0 Å². The van der Waals surface area contributed by atoms with Crippen LogP contribution >= 0.6 is 0 Å². The molecule has 110 valence electrons. The average Bonchev–Trinajstić information content (AvgIpc) is 2.47. The third-order valence-corrected chi connectivity index (χ3v) is 3.03. The third-order valence-electron chi connectivity index (χ3n) is 3.03. The predicted molar refractivity (Wildman–Crippen MR) is 77.8 cm³/mol. The van der Waals surface area contributed by atoms with E-state index >= 15 is 0 Å². The number of methoxy groups -OCH3 is 2. The molecule has 0 saturated heterocycles. The lowest BCUT2D eigenvalue weighted by atomic mass is 10.1. The van der Waals surface area contributed by atoms with Gasteiger partial charge in [-0.05, 0) is 42.8 Å². The third kappa shape index (κ3) is 3.08. The molecular formula is C16H16O5. The molecule has 0 fully saturated rings. The predicted octanol–water partition coefficient (Wildman–Crippen LogP) is 3.50. The van der Waals surface area contributed by atoms with Crippen LogP contribution < -0.4 is 14.2 Å². The first-order valence-electron chi connectivity index (χ1n) is 6.29. The molecule has 0 atom stereocenters. The maximum absolute atomic E-state index is 11.0. The van der Waals surface area contributed by atoms with Gasteiger partial charge in [0.05, 0.1) is 19.8 Å². The minimum absolute atomic E-state index is 0.245. The fourth-order valence-electron chi connectivity index (χ4n) is 1.98. The van der Waals surface area contributed by atoms with Gasteiger partial charge in [-0.2, -0.15) is 0 Å². The van der Waals surface area contributed by atoms with Crippen molar-refractivity contribution in [2.24, 2.45) is 0 Å². The lowest BCUT2D eigenvalue weighted by molar-refractivity contribution is 0.0696. The Labute approximate surface area is 122 Å². The van der Waals surface area contributed by atoms with Crippen molar-refractivity contribution in [3.05, 3.63) is 47.5 Å². The fraction of sp³-hybridized carbons (Fsp3) is 0.188. The van der Waals surface area contributed by atoms with Crippen LogP contribution in [0.1, 0.15) is 15.9 Å². The number of carbonyl (C=O) groups is 1. The first kappa shape index (κ1) is 14.7. The summed E-state index contributed by atoms with van der Waals surface area (Å²) in [5.41, 5.74) is 0.864. The van der Waals surface area contributed by atoms with E-state index in [9.17, 15) is 4.79 Å². The molecule has 21 heavy (non-hydrogen) atoms. The molecule has 2 aromatic carbocycles. The summed E-state index contributed by atoms with van der Waals surface area (Å²) in [5, 5.41) is 9.03. The highest BCUT2D eigenvalue weighted by Crippen LogP contribution is 2.40. The lowest BCUT2D eigenvalue weighted by Crippen LogP contribution is -2.00. The molecule has 0 spiro atoms. The van der Waals surface area contributed by atoms with Crippen LogP contribution in [0.15, 0.2) is 36.4 Å². The highest BCUT2D eigenvalue weighted by Gasteiger charge is 2.14. The summed E-state index contributed by atoms with van der Waals surface area (Å²) in [5.74, 6) is 1.07. The molecule has 2 aromatic rings. The quantitative estimate of drug-likeness (QED) is 0.912. The van der Waals surface area contributed by atoms with Gasteiger partial charge in [0.2, 0.25) is 5.75 Å². The molecule has 0 saturated carbocycles. The number of ether oxygens (including phenoxy) is 3. The second-order valence-corrected chi connectivity index (χ2v) is 4.38. The van der Waals surface area contributed by atoms with E-state index in [1.807, 2.05) is 0 Å². The van der Waals surface area contributed by atoms with Crippen molar-refractivity contribution in [2.75, 3.05) is 14.2 Å². The van der Waals surface area contributed by atoms with Gasteiger partial charge in [-0.25, -0.2) is 4.79 Å². The van der Waals surface area contributed by atoms with Gasteiger partial charge in [-0.3, -0.25) is 0 Å². The molecule has 0 unspecified atom stereocenters. The Morgan fingerprint density at radius 3 is 2.14 bits per heavy atom. The highest BCUT2D eigenvalue weighted by molar-refractivity contribution is 5.89. The van der Waals surface area contributed by atoms with Gasteiger partial charge in [0.25, 0.3) is 0 Å². The SMILES string of the molecule is COc1cccc(OC)c1Oc1ccc(C(=O)O)c(C)c1. The van der Waals surface area contributed by atoms with E-state index in [2.05, 4.69) is 0 Å². The van der Waals surface area contributed by atoms with Crippen molar-refractivity contribution in [1.82, 2.24) is 0 Å². The smallest absolute Gasteiger partial charge is 0.335 e. The average molecular weight is 288 g/mol. The maximum Gasteiger partial charge on any atom is 0.335 e. The Morgan fingerprint density at radius 2 is 1.67 bits per heavy atom. The molecule has 0 aliphatic heterocycles. The van der Waals surface area contributed by atoms with E-state index in [0.717, 1.165) is 0 Å². The number of carboxylic acids is 1. The molecule has 0 heterocycles. The first-order valence-corrected chi connectivity index (χ1v) is 6.29. The zero-order valence-electron chi connectivity index (χ0n) is 12.0. The molecule has 0 amide bonds. The maximum atomic E-state index is 11.0. The summed E-state index contributed by atoms with van der Waals surface area (Å²) in [6.45, 7) is 1.72. The number of aromatic carboxylic acids is 1. The molecule has 2 rings (SSSR count). The number of hydrogen-bond donors (Lipinski definition) is 1. The van der Waals surface area contributed by atoms with Gasteiger partial charge in [0, 0.05) is 0 Å². The summed E-state index contributed by atoms with van der Waals surface area (Å²) < 4.78 is 16.3. The first-order chi connectivity index (χ1) is 10.1. The number of carboxylic acid groups (broad SMARTS) is 1. The fourth-order valence-corrected chi connectivity index (χ4v) is 1.98. The second-order valence-electron chi connectivity index (χ2n) is 4.38. The summed E-state index contributed by atoms with van der Waals surface area (Å²) in [4.78, 5) is 11.0. The minimum atomic E-state index is -0.964. The van der Waals surface area contributed by atoms with Gasteiger partial charge in [0.1, 0.15) is 5.75 Å². The summed E-state index contributed by atoms with van der Waals surface area (Å²) in [6.07, 6.45) is 0. The Bertz CT molecular complexity index is 641. The molecule has 0 bridgehead atoms. The van der Waals surface area contributed by atoms with Crippen molar-refractivity contribution in [1.29, 1.82) is 0 Å². The molecule has 0 aliphatic carbocycles. The molecule has 0 radical (unpaired) electrons. The van der Waals surface area contributed by atoms with Crippen molar-refractivity contribution >= 4 is 5.97 Å². The molecule has 1 N–H and O–H groups in total. The second kappa shape index (κ2) is 6.17. The molecule has 5 heteroatoms. The lowest BCUT2D eigenvalue weighted by Gasteiger charge is -2.14. The molecule has 0 aliphatic rings. The molecule has 0 aromatic heterocycles. The largest absolute Gasteiger partial charge is 0.493 e. The van der Waals surface area contributed by atoms with Crippen LogP contribution in [-0.4, -0.2) is 25.3 Å². The zero-order valence-corrected chi connectivity index (χ0v) is 12.0. The Morgan fingerprint density at radius 1 is 1.05 bits per heavy atom. The normalized spacial score (nSPS) is 10.0. The topological polar surface area (TPSA) is 65.0 Å². The van der Waals surface area contributed by atoms with Gasteiger partial charge in [-0.1, -0.05) is 6.07 Å². The summed E-state index contributed by atoms with van der Waals surface area (Å²) >= 11 is 0. The van der Waals surface area contributed by atoms with Crippen LogP contribution in [0.3, 0.4) is 0 Å². The number of hydrogen-bond acceptors (Lipinski definition) is 4. The zero-order chi connectivity index (χ0) is 15.4. The minimum Gasteiger partial charge on any atom is -0.493 e. The van der Waals surface area contributed by atoms with Crippen molar-refractivity contribution in [3.63, 3.8) is 0 Å². The number of rotatable bonds is 5. The summed E-state index contributed by atoms with van der Waals surface area (Å²) in [6, 6.07) is 10.1. The van der Waals surface area contributed by atoms with Crippen molar-refractivity contribution < 1.29 is 24.1 Å². The molecule has 5 nitrogen and oxygen atoms in total. The van der Waals surface area contributed by atoms with E-state index in [1.165, 1.54) is 6.07 Å². The van der Waals surface area contributed by atoms with E-state index in [0.29, 0.717) is 28.6 Å². The Balaban J connectivity index is 2.38.